The van der Waals surface area contributed by atoms with Crippen molar-refractivity contribution in [2.75, 3.05) is 0 Å². The molecule has 6 aromatic rings. The third-order valence-corrected chi connectivity index (χ3v) is 9.41. The molecule has 0 N–H and O–H groups in total. The summed E-state index contributed by atoms with van der Waals surface area (Å²) in [6.45, 7) is 3.44. The summed E-state index contributed by atoms with van der Waals surface area (Å²) in [5, 5.41) is 21.0. The minimum Gasteiger partial charge on any atom is -0.542 e. The Kier molecular flexibility index (Phi) is 10.7. The van der Waals surface area contributed by atoms with Crippen LogP contribution in [0.3, 0.4) is 0 Å². The Balaban J connectivity index is 0.000000317. The number of hydrogen-bond acceptors (Lipinski definition) is 2. The minimum atomic E-state index is -5.19. The maximum atomic E-state index is 10.5. The van der Waals surface area contributed by atoms with Crippen LogP contribution in [0, 0.1) is 0 Å². The van der Waals surface area contributed by atoms with Gasteiger partial charge in [0.05, 0.1) is 0 Å². The zero-order chi connectivity index (χ0) is 30.1. The molecule has 7 heteroatoms. The second-order valence-corrected chi connectivity index (χ2v) is 11.8. The van der Waals surface area contributed by atoms with Gasteiger partial charge in [-0.25, -0.2) is 0 Å². The van der Waals surface area contributed by atoms with Gasteiger partial charge in [-0.1, -0.05) is 127 Å². The van der Waals surface area contributed by atoms with Crippen LogP contribution in [-0.2, 0) is 24.0 Å². The molecule has 0 unspecified atom stereocenters. The standard InChI is InChI=1S/C30H21P.C3H5.C2HF3O2.Pd/c1-4-16-25-22(10-1)13-7-19-28(25)31(29-20-8-14-23-11-2-5-17-26(23)29)30-21-9-15-24-12-3-6-18-27(24)30;1-3-2;3-2(4,5)1(6)7;/h1-21H;3H,1-2H2;(H,6,7);/q;;;+1/p-1. The van der Waals surface area contributed by atoms with Crippen LogP contribution in [0.25, 0.3) is 32.3 Å². The Labute approximate surface area is 254 Å². The van der Waals surface area contributed by atoms with Gasteiger partial charge in [-0.15, -0.1) is 0 Å². The first-order valence-electron chi connectivity index (χ1n) is 12.9. The molecule has 0 fully saturated rings. The van der Waals surface area contributed by atoms with E-state index >= 15 is 0 Å². The van der Waals surface area contributed by atoms with E-state index in [4.69, 9.17) is 9.90 Å². The predicted molar refractivity (Wildman–Crippen MR) is 164 cm³/mol. The van der Waals surface area contributed by atoms with E-state index < -0.39 is 20.1 Å². The van der Waals surface area contributed by atoms with Crippen LogP contribution >= 0.6 is 7.92 Å². The van der Waals surface area contributed by atoms with Crippen molar-refractivity contribution < 1.29 is 42.3 Å². The smallest absolute Gasteiger partial charge is 0.430 e. The number of fused-ring (bicyclic) bond motifs is 3. The number of rotatable bonds is 4. The summed E-state index contributed by atoms with van der Waals surface area (Å²) in [5.41, 5.74) is 0. The van der Waals surface area contributed by atoms with Crippen LogP contribution in [0.15, 0.2) is 140 Å². The number of carboxylic acids is 1. The quantitative estimate of drug-likeness (QED) is 0.112. The Morgan fingerprint density at radius 1 is 0.643 bits per heavy atom. The Bertz CT molecular complexity index is 1630. The molecular formula is C35H26F3O2PPd. The Hall–Kier alpha value is -3.81. The van der Waals surface area contributed by atoms with Crippen molar-refractivity contribution in [1.82, 2.24) is 0 Å². The van der Waals surface area contributed by atoms with E-state index in [1.54, 1.807) is 0 Å². The number of hydrogen-bond donors (Lipinski definition) is 0. The first-order chi connectivity index (χ1) is 20.3. The van der Waals surface area contributed by atoms with Gasteiger partial charge in [0.2, 0.25) is 0 Å². The fraction of sp³-hybridized carbons (Fsp3) is 0.0571. The second kappa shape index (κ2) is 14.4. The van der Waals surface area contributed by atoms with E-state index in [2.05, 4.69) is 153 Å². The number of carbonyl (C=O) groups excluding carboxylic acids is 1. The molecule has 214 valence electrons. The number of aliphatic carboxylic acids is 1. The van der Waals surface area contributed by atoms with E-state index in [-0.39, 0.29) is 0 Å². The fourth-order valence-corrected chi connectivity index (χ4v) is 7.42. The number of alkyl halides is 3. The van der Waals surface area contributed by atoms with Crippen molar-refractivity contribution in [3.63, 3.8) is 0 Å². The van der Waals surface area contributed by atoms with Gasteiger partial charge >= 0.3 is 42.9 Å². The van der Waals surface area contributed by atoms with Crippen molar-refractivity contribution in [2.45, 2.75) is 11.1 Å². The van der Waals surface area contributed by atoms with E-state index in [1.165, 1.54) is 48.2 Å². The van der Waals surface area contributed by atoms with Gasteiger partial charge in [0, 0.05) is 0 Å². The number of allylic oxidation sites excluding steroid dienone is 1. The van der Waals surface area contributed by atoms with Crippen LogP contribution in [0.4, 0.5) is 13.2 Å². The molecule has 0 aromatic heterocycles. The van der Waals surface area contributed by atoms with E-state index in [0.29, 0.717) is 0 Å². The number of benzene rings is 6. The van der Waals surface area contributed by atoms with Crippen molar-refractivity contribution in [3.8, 4) is 0 Å². The van der Waals surface area contributed by atoms with Crippen molar-refractivity contribution in [1.29, 1.82) is 0 Å². The van der Waals surface area contributed by atoms with E-state index in [1.807, 2.05) is 6.08 Å². The molecule has 0 spiro atoms. The van der Waals surface area contributed by atoms with Gasteiger partial charge in [-0.3, -0.25) is 0 Å². The maximum absolute atomic E-state index is 10.5. The normalized spacial score (nSPS) is 11.0. The van der Waals surface area contributed by atoms with Gasteiger partial charge < -0.3 is 9.90 Å². The third kappa shape index (κ3) is 7.33. The van der Waals surface area contributed by atoms with Gasteiger partial charge in [0.1, 0.15) is 5.97 Å². The molecule has 0 radical (unpaired) electrons. The molecule has 0 saturated carbocycles. The monoisotopic (exact) mass is 672 g/mol. The Morgan fingerprint density at radius 3 is 1.17 bits per heavy atom. The van der Waals surface area contributed by atoms with E-state index in [9.17, 15) is 13.2 Å². The second-order valence-electron chi connectivity index (χ2n) is 9.03. The van der Waals surface area contributed by atoms with Crippen LogP contribution in [-0.4, -0.2) is 12.1 Å². The molecule has 0 aliphatic rings. The summed E-state index contributed by atoms with van der Waals surface area (Å²) >= 11 is 2.92. The molecule has 0 bridgehead atoms. The average Bonchev–Trinajstić information content (AvgIpc) is 3.01. The zero-order valence-electron chi connectivity index (χ0n) is 22.3. The zero-order valence-corrected chi connectivity index (χ0v) is 24.8. The predicted octanol–water partition coefficient (Wildman–Crippen LogP) is 7.34. The van der Waals surface area contributed by atoms with Crippen molar-refractivity contribution >= 4 is 62.1 Å². The molecule has 0 saturated heterocycles. The molecule has 0 atom stereocenters. The Morgan fingerprint density at radius 2 is 0.905 bits per heavy atom. The molecule has 42 heavy (non-hydrogen) atoms. The third-order valence-electron chi connectivity index (χ3n) is 6.35. The summed E-state index contributed by atoms with van der Waals surface area (Å²) in [4.78, 5) is 9.72. The van der Waals surface area contributed by atoms with Crippen molar-refractivity contribution in [2.24, 2.45) is 0 Å². The molecule has 0 amide bonds. The summed E-state index contributed by atoms with van der Waals surface area (Å²) in [6.07, 6.45) is -3.39. The van der Waals surface area contributed by atoms with E-state index in [0.717, 1.165) is 4.89 Å². The number of carboxylic acid groups (broad SMARTS) is 1. The first-order valence-corrected chi connectivity index (χ1v) is 15.3. The van der Waals surface area contributed by atoms with Gasteiger partial charge in [-0.2, -0.15) is 13.2 Å². The minimum absolute atomic E-state index is 0.745. The molecule has 6 rings (SSSR count). The molecular weight excluding hydrogens is 647 g/mol. The van der Waals surface area contributed by atoms with Crippen LogP contribution < -0.4 is 21.0 Å². The molecule has 0 heterocycles. The number of carbonyl (C=O) groups is 1. The molecule has 2 nitrogen and oxygen atoms in total. The van der Waals surface area contributed by atoms with Gasteiger partial charge in [0.25, 0.3) is 0 Å². The average molecular weight is 673 g/mol. The van der Waals surface area contributed by atoms with Gasteiger partial charge in [0.15, 0.2) is 0 Å². The van der Waals surface area contributed by atoms with Gasteiger partial charge in [-0.05, 0) is 56.2 Å². The summed E-state index contributed by atoms with van der Waals surface area (Å²) in [5.74, 6) is -3.01. The van der Waals surface area contributed by atoms with Crippen molar-refractivity contribution in [3.05, 3.63) is 140 Å². The summed E-state index contributed by atoms with van der Waals surface area (Å²) in [7, 11) is -0.745. The van der Waals surface area contributed by atoms with Crippen LogP contribution in [0.2, 0.25) is 4.89 Å². The maximum Gasteiger partial charge on any atom is 0.430 e. The van der Waals surface area contributed by atoms with Crippen LogP contribution in [0.1, 0.15) is 0 Å². The summed E-state index contributed by atoms with van der Waals surface area (Å²) in [6, 6.07) is 46.6. The fourth-order valence-electron chi connectivity index (χ4n) is 4.60. The molecule has 0 aliphatic carbocycles. The molecule has 6 aromatic carbocycles. The molecule has 0 aliphatic heterocycles. The topological polar surface area (TPSA) is 40.1 Å². The summed E-state index contributed by atoms with van der Waals surface area (Å²) < 4.78 is 31.5. The SMILES string of the molecule is C=C[CH2][Pd+].O=C([O-])C(F)(F)F.c1ccc2c(P(c3cccc4ccccc34)c3cccc4ccccc34)cccc2c1. The van der Waals surface area contributed by atoms with Crippen LogP contribution in [0.5, 0.6) is 0 Å². The first kappa shape index (κ1) is 31.1. The largest absolute Gasteiger partial charge is 0.542 e. The number of halogens is 3.